The molecule has 1 aliphatic carbocycles. The van der Waals surface area contributed by atoms with E-state index in [1.807, 2.05) is 6.20 Å². The Morgan fingerprint density at radius 1 is 1.41 bits per heavy atom. The van der Waals surface area contributed by atoms with Crippen molar-refractivity contribution >= 4 is 11.3 Å². The summed E-state index contributed by atoms with van der Waals surface area (Å²) in [7, 11) is 0. The lowest BCUT2D eigenvalue weighted by atomic mass is 10.0. The van der Waals surface area contributed by atoms with Crippen LogP contribution in [0, 0.1) is 5.92 Å². The first-order valence-corrected chi connectivity index (χ1v) is 7.83. The third-order valence-electron chi connectivity index (χ3n) is 3.85. The van der Waals surface area contributed by atoms with Crippen LogP contribution in [-0.2, 0) is 0 Å². The van der Waals surface area contributed by atoms with Gasteiger partial charge in [-0.15, -0.1) is 11.3 Å². The third-order valence-corrected chi connectivity index (χ3v) is 4.74. The summed E-state index contributed by atoms with van der Waals surface area (Å²) in [6.45, 7) is 4.64. The zero-order valence-corrected chi connectivity index (χ0v) is 11.8. The van der Waals surface area contributed by atoms with Gasteiger partial charge in [0.05, 0.1) is 6.04 Å². The standard InChI is InChI=1S/C14H24N2S/c1-3-13(14-15-9-10-17-14)16-12-6-4-5-11(2)7-8-12/h9-13,16H,3-8H2,1-2H3. The van der Waals surface area contributed by atoms with Crippen LogP contribution in [0.15, 0.2) is 11.6 Å². The van der Waals surface area contributed by atoms with E-state index in [1.54, 1.807) is 11.3 Å². The smallest absolute Gasteiger partial charge is 0.109 e. The van der Waals surface area contributed by atoms with Gasteiger partial charge in [0.25, 0.3) is 0 Å². The van der Waals surface area contributed by atoms with Gasteiger partial charge >= 0.3 is 0 Å². The van der Waals surface area contributed by atoms with Crippen LogP contribution in [-0.4, -0.2) is 11.0 Å². The summed E-state index contributed by atoms with van der Waals surface area (Å²) in [5.74, 6) is 0.918. The lowest BCUT2D eigenvalue weighted by Crippen LogP contribution is -2.32. The average molecular weight is 252 g/mol. The molecule has 0 aliphatic heterocycles. The van der Waals surface area contributed by atoms with Crippen molar-refractivity contribution in [2.24, 2.45) is 5.92 Å². The SMILES string of the molecule is CCC(NC1CCCC(C)CC1)c1nccs1. The van der Waals surface area contributed by atoms with Crippen LogP contribution in [0.3, 0.4) is 0 Å². The van der Waals surface area contributed by atoms with Gasteiger partial charge in [0.15, 0.2) is 0 Å². The summed E-state index contributed by atoms with van der Waals surface area (Å²) >= 11 is 1.78. The highest BCUT2D eigenvalue weighted by Gasteiger charge is 2.20. The Balaban J connectivity index is 1.90. The molecule has 1 fully saturated rings. The van der Waals surface area contributed by atoms with Crippen molar-refractivity contribution in [2.75, 3.05) is 0 Å². The number of hydrogen-bond acceptors (Lipinski definition) is 3. The third kappa shape index (κ3) is 3.78. The number of thiazole rings is 1. The molecule has 1 aliphatic rings. The molecule has 1 aromatic rings. The van der Waals surface area contributed by atoms with Gasteiger partial charge in [0.2, 0.25) is 0 Å². The second-order valence-electron chi connectivity index (χ2n) is 5.31. The molecule has 1 saturated carbocycles. The van der Waals surface area contributed by atoms with Gasteiger partial charge in [-0.2, -0.15) is 0 Å². The molecule has 0 radical (unpaired) electrons. The van der Waals surface area contributed by atoms with Gasteiger partial charge in [-0.3, -0.25) is 0 Å². The molecule has 3 unspecified atom stereocenters. The van der Waals surface area contributed by atoms with Crippen LogP contribution in [0.2, 0.25) is 0 Å². The van der Waals surface area contributed by atoms with Crippen LogP contribution in [0.25, 0.3) is 0 Å². The molecule has 1 aromatic heterocycles. The molecule has 0 saturated heterocycles. The van der Waals surface area contributed by atoms with Crippen LogP contribution < -0.4 is 5.32 Å². The maximum absolute atomic E-state index is 4.45. The molecule has 96 valence electrons. The molecule has 2 rings (SSSR count). The van der Waals surface area contributed by atoms with E-state index in [9.17, 15) is 0 Å². The Hall–Kier alpha value is -0.410. The second-order valence-corrected chi connectivity index (χ2v) is 6.23. The van der Waals surface area contributed by atoms with Gasteiger partial charge in [0, 0.05) is 17.6 Å². The summed E-state index contributed by atoms with van der Waals surface area (Å²) < 4.78 is 0. The monoisotopic (exact) mass is 252 g/mol. The fraction of sp³-hybridized carbons (Fsp3) is 0.786. The molecule has 0 spiro atoms. The summed E-state index contributed by atoms with van der Waals surface area (Å²) in [5, 5.41) is 7.15. The van der Waals surface area contributed by atoms with Crippen molar-refractivity contribution in [3.05, 3.63) is 16.6 Å². The average Bonchev–Trinajstić information content (AvgIpc) is 2.78. The topological polar surface area (TPSA) is 24.9 Å². The van der Waals surface area contributed by atoms with Gasteiger partial charge in [-0.05, 0) is 31.6 Å². The summed E-state index contributed by atoms with van der Waals surface area (Å²) in [5.41, 5.74) is 0. The molecule has 1 heterocycles. The molecule has 2 nitrogen and oxygen atoms in total. The zero-order chi connectivity index (χ0) is 12.1. The van der Waals surface area contributed by atoms with E-state index in [2.05, 4.69) is 29.5 Å². The lowest BCUT2D eigenvalue weighted by Gasteiger charge is -2.22. The minimum absolute atomic E-state index is 0.466. The summed E-state index contributed by atoms with van der Waals surface area (Å²) in [4.78, 5) is 4.45. The van der Waals surface area contributed by atoms with Gasteiger partial charge < -0.3 is 5.32 Å². The van der Waals surface area contributed by atoms with E-state index >= 15 is 0 Å². The number of nitrogens with zero attached hydrogens (tertiary/aromatic N) is 1. The van der Waals surface area contributed by atoms with E-state index in [0.29, 0.717) is 12.1 Å². The maximum Gasteiger partial charge on any atom is 0.109 e. The molecular weight excluding hydrogens is 228 g/mol. The molecule has 0 bridgehead atoms. The first kappa shape index (κ1) is 13.0. The number of hydrogen-bond donors (Lipinski definition) is 1. The fourth-order valence-electron chi connectivity index (χ4n) is 2.71. The van der Waals surface area contributed by atoms with Gasteiger partial charge in [0.1, 0.15) is 5.01 Å². The zero-order valence-electron chi connectivity index (χ0n) is 11.0. The van der Waals surface area contributed by atoms with Gasteiger partial charge in [-0.1, -0.05) is 26.7 Å². The molecule has 3 heteroatoms. The minimum atomic E-state index is 0.466. The van der Waals surface area contributed by atoms with Crippen molar-refractivity contribution in [1.82, 2.24) is 10.3 Å². The lowest BCUT2D eigenvalue weighted by molar-refractivity contribution is 0.387. The van der Waals surface area contributed by atoms with E-state index in [1.165, 1.54) is 37.1 Å². The summed E-state index contributed by atoms with van der Waals surface area (Å²) in [6, 6.07) is 1.17. The molecular formula is C14H24N2S. The Morgan fingerprint density at radius 3 is 3.00 bits per heavy atom. The summed E-state index contributed by atoms with van der Waals surface area (Å²) in [6.07, 6.45) is 9.90. The van der Waals surface area contributed by atoms with Crippen molar-refractivity contribution in [1.29, 1.82) is 0 Å². The quantitative estimate of drug-likeness (QED) is 0.814. The number of aromatic nitrogens is 1. The van der Waals surface area contributed by atoms with E-state index in [0.717, 1.165) is 12.3 Å². The molecule has 0 amide bonds. The molecule has 0 aromatic carbocycles. The number of rotatable bonds is 4. The highest BCUT2D eigenvalue weighted by molar-refractivity contribution is 7.09. The first-order valence-electron chi connectivity index (χ1n) is 6.95. The van der Waals surface area contributed by atoms with Crippen LogP contribution >= 0.6 is 11.3 Å². The van der Waals surface area contributed by atoms with Crippen molar-refractivity contribution in [3.63, 3.8) is 0 Å². The normalized spacial score (nSPS) is 27.6. The molecule has 1 N–H and O–H groups in total. The molecule has 3 atom stereocenters. The largest absolute Gasteiger partial charge is 0.305 e. The Morgan fingerprint density at radius 2 is 2.29 bits per heavy atom. The van der Waals surface area contributed by atoms with E-state index in [4.69, 9.17) is 0 Å². The minimum Gasteiger partial charge on any atom is -0.305 e. The predicted molar refractivity (Wildman–Crippen MR) is 74.3 cm³/mol. The number of nitrogens with one attached hydrogen (secondary N) is 1. The Kier molecular flexibility index (Phi) is 4.99. The Labute approximate surface area is 109 Å². The first-order chi connectivity index (χ1) is 8.29. The van der Waals surface area contributed by atoms with Crippen molar-refractivity contribution in [3.8, 4) is 0 Å². The van der Waals surface area contributed by atoms with Crippen molar-refractivity contribution in [2.45, 2.75) is 64.5 Å². The highest BCUT2D eigenvalue weighted by atomic mass is 32.1. The van der Waals surface area contributed by atoms with Crippen LogP contribution in [0.1, 0.15) is 63.4 Å². The predicted octanol–water partition coefficient (Wildman–Crippen LogP) is 4.15. The maximum atomic E-state index is 4.45. The fourth-order valence-corrected chi connectivity index (χ4v) is 3.49. The van der Waals surface area contributed by atoms with E-state index < -0.39 is 0 Å². The van der Waals surface area contributed by atoms with E-state index in [-0.39, 0.29) is 0 Å². The van der Waals surface area contributed by atoms with Crippen molar-refractivity contribution < 1.29 is 0 Å². The van der Waals surface area contributed by atoms with Crippen LogP contribution in [0.5, 0.6) is 0 Å². The highest BCUT2D eigenvalue weighted by Crippen LogP contribution is 2.26. The molecule has 17 heavy (non-hydrogen) atoms. The Bertz CT molecular complexity index is 310. The van der Waals surface area contributed by atoms with Crippen LogP contribution in [0.4, 0.5) is 0 Å². The second kappa shape index (κ2) is 6.50. The van der Waals surface area contributed by atoms with Gasteiger partial charge in [-0.25, -0.2) is 4.98 Å².